The van der Waals surface area contributed by atoms with E-state index in [2.05, 4.69) is 20.3 Å². The molecule has 0 spiro atoms. The molecule has 2 aromatic carbocycles. The molecule has 13 heteroatoms. The first-order valence-corrected chi connectivity index (χ1v) is 13.6. The van der Waals surface area contributed by atoms with Crippen molar-refractivity contribution in [1.29, 1.82) is 0 Å². The number of carboxylic acid groups (broad SMARTS) is 1. The molecule has 0 bridgehead atoms. The third-order valence-corrected chi connectivity index (χ3v) is 6.48. The van der Waals surface area contributed by atoms with E-state index in [1.54, 1.807) is 45.0 Å². The molecule has 10 nitrogen and oxygen atoms in total. The number of nitrogens with one attached hydrogen (secondary N) is 1. The molecule has 0 saturated heterocycles. The number of benzene rings is 2. The number of rotatable bonds is 9. The molecule has 1 N–H and O–H groups in total. The van der Waals surface area contributed by atoms with Gasteiger partial charge in [-0.05, 0) is 62.1 Å². The van der Waals surface area contributed by atoms with Crippen LogP contribution in [0.25, 0.3) is 0 Å². The van der Waals surface area contributed by atoms with Gasteiger partial charge in [0.2, 0.25) is 0 Å². The SMILES string of the molecule is CC(C)c1ccc(C(=O)C2=C(OC(C)(C)C)C(=O)N(c3ccc(CNC(=O)[O-])nn3)C2c2ccc(OC(F)(F)F)cc2)cc1. The van der Waals surface area contributed by atoms with Crippen molar-refractivity contribution in [3.63, 3.8) is 0 Å². The van der Waals surface area contributed by atoms with E-state index in [0.717, 1.165) is 17.7 Å². The Morgan fingerprint density at radius 1 is 0.955 bits per heavy atom. The number of hydrogen-bond acceptors (Lipinski definition) is 8. The van der Waals surface area contributed by atoms with E-state index < -0.39 is 41.5 Å². The summed E-state index contributed by atoms with van der Waals surface area (Å²) in [7, 11) is 0. The normalized spacial score (nSPS) is 15.5. The second kappa shape index (κ2) is 12.3. The van der Waals surface area contributed by atoms with Crippen LogP contribution in [0.3, 0.4) is 0 Å². The smallest absolute Gasteiger partial charge is 0.530 e. The summed E-state index contributed by atoms with van der Waals surface area (Å²) >= 11 is 0. The van der Waals surface area contributed by atoms with Gasteiger partial charge < -0.3 is 24.7 Å². The number of amides is 2. The maximum atomic E-state index is 14.2. The molecule has 3 aromatic rings. The molecule has 4 rings (SSSR count). The van der Waals surface area contributed by atoms with Crippen molar-refractivity contribution in [2.75, 3.05) is 4.90 Å². The zero-order valence-electron chi connectivity index (χ0n) is 24.6. The molecule has 1 atom stereocenters. The molecule has 232 valence electrons. The lowest BCUT2D eigenvalue weighted by molar-refractivity contribution is -0.274. The minimum Gasteiger partial charge on any atom is -0.530 e. The Bertz CT molecular complexity index is 1560. The topological polar surface area (TPSA) is 134 Å². The number of alkyl halides is 3. The minimum absolute atomic E-state index is 0.0132. The van der Waals surface area contributed by atoms with Crippen molar-refractivity contribution in [2.45, 2.75) is 65.1 Å². The van der Waals surface area contributed by atoms with Crippen molar-refractivity contribution in [2.24, 2.45) is 0 Å². The van der Waals surface area contributed by atoms with Gasteiger partial charge in [0.25, 0.3) is 5.91 Å². The molecule has 1 unspecified atom stereocenters. The van der Waals surface area contributed by atoms with E-state index >= 15 is 0 Å². The van der Waals surface area contributed by atoms with Crippen molar-refractivity contribution in [1.82, 2.24) is 15.5 Å². The summed E-state index contributed by atoms with van der Waals surface area (Å²) in [6.07, 6.45) is -6.43. The summed E-state index contributed by atoms with van der Waals surface area (Å²) in [6, 6.07) is 13.3. The first kappa shape index (κ1) is 32.0. The van der Waals surface area contributed by atoms with Gasteiger partial charge in [0, 0.05) is 5.56 Å². The number of ketones is 1. The van der Waals surface area contributed by atoms with Crippen LogP contribution in [0.4, 0.5) is 23.8 Å². The number of Topliss-reactive ketones (excluding diaryl/α,β-unsaturated/α-hetero) is 1. The van der Waals surface area contributed by atoms with Crippen molar-refractivity contribution >= 4 is 23.6 Å². The fourth-order valence-electron chi connectivity index (χ4n) is 4.54. The molecule has 44 heavy (non-hydrogen) atoms. The zero-order valence-corrected chi connectivity index (χ0v) is 24.6. The number of carbonyl (C=O) groups excluding carboxylic acids is 3. The van der Waals surface area contributed by atoms with Crippen LogP contribution >= 0.6 is 0 Å². The molecule has 0 radical (unpaired) electrons. The highest BCUT2D eigenvalue weighted by Crippen LogP contribution is 2.44. The minimum atomic E-state index is -4.92. The van der Waals surface area contributed by atoms with Crippen LogP contribution in [0.15, 0.2) is 72.0 Å². The summed E-state index contributed by atoms with van der Waals surface area (Å²) in [6.45, 7) is 8.91. The van der Waals surface area contributed by atoms with Gasteiger partial charge in [-0.15, -0.1) is 18.3 Å². The van der Waals surface area contributed by atoms with Gasteiger partial charge in [-0.2, -0.15) is 5.10 Å². The predicted octanol–water partition coefficient (Wildman–Crippen LogP) is 4.97. The van der Waals surface area contributed by atoms with Gasteiger partial charge in [0.1, 0.15) is 17.4 Å². The standard InChI is InChI=1S/C31H31F3N4O6/c1-17(2)18-6-8-20(9-7-18)26(39)24-25(19-10-13-22(14-11-19)43-31(32,33)34)38(28(40)27(24)44-30(3,4)5)23-15-12-21(36-37-23)16-35-29(41)42/h6-15,17,25,35H,16H2,1-5H3,(H,41,42)/p-1. The van der Waals surface area contributed by atoms with Crippen LogP contribution in [0.1, 0.15) is 73.8 Å². The lowest BCUT2D eigenvalue weighted by atomic mass is 9.91. The molecule has 0 fully saturated rings. The molecule has 1 aliphatic rings. The van der Waals surface area contributed by atoms with Crippen molar-refractivity contribution < 1.29 is 42.1 Å². The largest absolute Gasteiger partial charge is 0.573 e. The quantitative estimate of drug-likeness (QED) is 0.335. The molecule has 2 amide bonds. The molecule has 1 aliphatic heterocycles. The molecular weight excluding hydrogens is 581 g/mol. The summed E-state index contributed by atoms with van der Waals surface area (Å²) < 4.78 is 48.6. The van der Waals surface area contributed by atoms with E-state index in [0.29, 0.717) is 0 Å². The number of anilines is 1. The lowest BCUT2D eigenvalue weighted by Crippen LogP contribution is -2.36. The maximum absolute atomic E-state index is 14.2. The van der Waals surface area contributed by atoms with E-state index in [4.69, 9.17) is 4.74 Å². The Morgan fingerprint density at radius 3 is 2.09 bits per heavy atom. The first-order valence-electron chi connectivity index (χ1n) is 13.6. The Labute approximate surface area is 251 Å². The van der Waals surface area contributed by atoms with E-state index in [1.807, 2.05) is 13.8 Å². The Kier molecular flexibility index (Phi) is 8.98. The van der Waals surface area contributed by atoms with Crippen molar-refractivity contribution in [3.05, 3.63) is 94.4 Å². The van der Waals surface area contributed by atoms with E-state index in [9.17, 15) is 32.7 Å². The fourth-order valence-corrected chi connectivity index (χ4v) is 4.54. The van der Waals surface area contributed by atoms with Gasteiger partial charge in [-0.1, -0.05) is 50.2 Å². The molecule has 0 aliphatic carbocycles. The third kappa shape index (κ3) is 7.52. The Balaban J connectivity index is 1.87. The van der Waals surface area contributed by atoms with Gasteiger partial charge in [0.05, 0.1) is 23.9 Å². The van der Waals surface area contributed by atoms with E-state index in [-0.39, 0.29) is 46.4 Å². The summed E-state index contributed by atoms with van der Waals surface area (Å²) in [5, 5.41) is 20.9. The number of aromatic nitrogens is 2. The highest BCUT2D eigenvalue weighted by molar-refractivity contribution is 6.21. The highest BCUT2D eigenvalue weighted by Gasteiger charge is 2.47. The second-order valence-corrected chi connectivity index (χ2v) is 11.3. The number of nitrogens with zero attached hydrogens (tertiary/aromatic N) is 3. The molecule has 2 heterocycles. The molecule has 0 saturated carbocycles. The Morgan fingerprint density at radius 2 is 1.59 bits per heavy atom. The monoisotopic (exact) mass is 611 g/mol. The van der Waals surface area contributed by atoms with Gasteiger partial charge in [-0.25, -0.2) is 0 Å². The maximum Gasteiger partial charge on any atom is 0.573 e. The van der Waals surface area contributed by atoms with Gasteiger partial charge in [-0.3, -0.25) is 14.5 Å². The highest BCUT2D eigenvalue weighted by atomic mass is 19.4. The van der Waals surface area contributed by atoms with Crippen LogP contribution in [-0.4, -0.2) is 39.9 Å². The number of ether oxygens (including phenoxy) is 2. The zero-order chi connectivity index (χ0) is 32.4. The summed E-state index contributed by atoms with van der Waals surface area (Å²) in [4.78, 5) is 40.2. The van der Waals surface area contributed by atoms with Crippen LogP contribution in [0.5, 0.6) is 5.75 Å². The third-order valence-electron chi connectivity index (χ3n) is 6.48. The number of halogens is 3. The summed E-state index contributed by atoms with van der Waals surface area (Å²) in [5.74, 6) is -1.80. The molecule has 1 aromatic heterocycles. The van der Waals surface area contributed by atoms with Gasteiger partial charge in [0.15, 0.2) is 17.4 Å². The number of hydrogen-bond donors (Lipinski definition) is 1. The van der Waals surface area contributed by atoms with Gasteiger partial charge >= 0.3 is 6.36 Å². The fraction of sp³-hybridized carbons (Fsp3) is 0.323. The van der Waals surface area contributed by atoms with E-state index in [1.165, 1.54) is 29.2 Å². The molecular formula is C31H30F3N4O6-. The summed E-state index contributed by atoms with van der Waals surface area (Å²) in [5.41, 5.74) is 0.783. The first-order chi connectivity index (χ1) is 20.5. The van der Waals surface area contributed by atoms with Crippen LogP contribution < -0.4 is 20.1 Å². The second-order valence-electron chi connectivity index (χ2n) is 11.3. The Hall–Kier alpha value is -4.94. The lowest BCUT2D eigenvalue weighted by Gasteiger charge is -2.26. The number of carbonyl (C=O) groups is 3. The van der Waals surface area contributed by atoms with Crippen LogP contribution in [-0.2, 0) is 16.1 Å². The average Bonchev–Trinajstić information content (AvgIpc) is 3.21. The van der Waals surface area contributed by atoms with Crippen molar-refractivity contribution in [3.8, 4) is 5.75 Å². The average molecular weight is 612 g/mol. The predicted molar refractivity (Wildman–Crippen MR) is 150 cm³/mol. The van der Waals surface area contributed by atoms with Crippen LogP contribution in [0, 0.1) is 0 Å². The van der Waals surface area contributed by atoms with Crippen LogP contribution in [0.2, 0.25) is 0 Å².